The fourth-order valence-electron chi connectivity index (χ4n) is 2.05. The van der Waals surface area contributed by atoms with Crippen LogP contribution in [0.1, 0.15) is 20.3 Å². The van der Waals surface area contributed by atoms with Crippen LogP contribution in [0.5, 0.6) is 5.75 Å². The van der Waals surface area contributed by atoms with Crippen LogP contribution >= 0.6 is 0 Å². The Morgan fingerprint density at radius 2 is 2.12 bits per heavy atom. The molecule has 0 radical (unpaired) electrons. The number of nitro benzene ring substituents is 1. The monoisotopic (exact) mass is 355 g/mol. The van der Waals surface area contributed by atoms with E-state index < -0.39 is 35.4 Å². The summed E-state index contributed by atoms with van der Waals surface area (Å²) in [5.74, 6) is -1.90. The number of benzene rings is 1. The van der Waals surface area contributed by atoms with Crippen molar-refractivity contribution in [2.75, 3.05) is 18.5 Å². The number of rotatable bonds is 10. The Morgan fingerprint density at radius 3 is 2.64 bits per heavy atom. The largest absolute Gasteiger partial charge is 0.544 e. The van der Waals surface area contributed by atoms with Crippen LogP contribution in [0.15, 0.2) is 18.2 Å². The molecule has 0 spiro atoms. The summed E-state index contributed by atoms with van der Waals surface area (Å²) in [5, 5.41) is 35.0. The molecule has 1 aromatic rings. The molecule has 4 N–H and O–H groups in total. The standard InChI is InChI=1S/C15H21N3O7/c1-3-25-10-4-5-11(13(6-10)18(23)24)17-14(20)7-12(15(21)22)16-8-9(2)19/h4-6,9,12,16,19H,3,7-8H2,1-2H3,(H,17,20)(H,21,22)/t9-,12+/m0/s1. The minimum absolute atomic E-state index is 0.0638. The van der Waals surface area contributed by atoms with E-state index in [9.17, 15) is 29.9 Å². The van der Waals surface area contributed by atoms with Crippen molar-refractivity contribution < 1.29 is 34.8 Å². The summed E-state index contributed by atoms with van der Waals surface area (Å²) >= 11 is 0. The summed E-state index contributed by atoms with van der Waals surface area (Å²) in [6.07, 6.45) is -1.21. The van der Waals surface area contributed by atoms with Gasteiger partial charge in [0.05, 0.1) is 36.1 Å². The molecular formula is C15H21N3O7. The van der Waals surface area contributed by atoms with Gasteiger partial charge in [-0.1, -0.05) is 0 Å². The number of nitrogens with one attached hydrogen (secondary N) is 1. The van der Waals surface area contributed by atoms with E-state index in [1.807, 2.05) is 0 Å². The number of carboxylic acids is 1. The zero-order valence-electron chi connectivity index (χ0n) is 13.9. The maximum atomic E-state index is 12.0. The van der Waals surface area contributed by atoms with Crippen molar-refractivity contribution in [3.63, 3.8) is 0 Å². The van der Waals surface area contributed by atoms with Gasteiger partial charge in [-0.05, 0) is 26.0 Å². The topological polar surface area (TPSA) is 158 Å². The number of nitrogens with two attached hydrogens (primary N) is 1. The van der Waals surface area contributed by atoms with E-state index in [1.54, 1.807) is 6.92 Å². The van der Waals surface area contributed by atoms with Crippen molar-refractivity contribution in [3.8, 4) is 5.75 Å². The van der Waals surface area contributed by atoms with Gasteiger partial charge in [-0.25, -0.2) is 0 Å². The second kappa shape index (κ2) is 9.55. The molecule has 0 unspecified atom stereocenters. The fourth-order valence-corrected chi connectivity index (χ4v) is 2.05. The van der Waals surface area contributed by atoms with Crippen LogP contribution < -0.4 is 20.5 Å². The lowest BCUT2D eigenvalue weighted by Crippen LogP contribution is -2.94. The third-order valence-corrected chi connectivity index (χ3v) is 3.22. The maximum absolute atomic E-state index is 12.0. The highest BCUT2D eigenvalue weighted by molar-refractivity contribution is 5.95. The van der Waals surface area contributed by atoms with Gasteiger partial charge in [-0.2, -0.15) is 0 Å². The van der Waals surface area contributed by atoms with Crippen molar-refractivity contribution in [3.05, 3.63) is 28.3 Å². The number of carbonyl (C=O) groups is 2. The lowest BCUT2D eigenvalue weighted by Gasteiger charge is -2.17. The number of nitro groups is 1. The number of quaternary nitrogens is 1. The molecule has 2 atom stereocenters. The number of carbonyl (C=O) groups excluding carboxylic acids is 2. The van der Waals surface area contributed by atoms with Gasteiger partial charge in [0.15, 0.2) is 0 Å². The molecule has 0 saturated carbocycles. The number of ether oxygens (including phenoxy) is 1. The number of anilines is 1. The molecule has 1 amide bonds. The number of aliphatic hydroxyl groups is 1. The smallest absolute Gasteiger partial charge is 0.296 e. The van der Waals surface area contributed by atoms with Crippen molar-refractivity contribution in [2.24, 2.45) is 0 Å². The molecule has 10 nitrogen and oxygen atoms in total. The third-order valence-electron chi connectivity index (χ3n) is 3.22. The maximum Gasteiger partial charge on any atom is 0.296 e. The van der Waals surface area contributed by atoms with Crippen molar-refractivity contribution in [2.45, 2.75) is 32.4 Å². The molecule has 138 valence electrons. The molecule has 0 aliphatic heterocycles. The first-order valence-electron chi connectivity index (χ1n) is 7.67. The van der Waals surface area contributed by atoms with Gasteiger partial charge in [-0.3, -0.25) is 14.9 Å². The van der Waals surface area contributed by atoms with E-state index in [1.165, 1.54) is 30.4 Å². The summed E-state index contributed by atoms with van der Waals surface area (Å²) in [7, 11) is 0. The van der Waals surface area contributed by atoms with Crippen LogP contribution in [0, 0.1) is 10.1 Å². The summed E-state index contributed by atoms with van der Waals surface area (Å²) in [6, 6.07) is 2.74. The zero-order chi connectivity index (χ0) is 19.0. The minimum atomic E-state index is -1.46. The van der Waals surface area contributed by atoms with Crippen LogP contribution in [-0.2, 0) is 9.59 Å². The van der Waals surface area contributed by atoms with E-state index in [2.05, 4.69) is 5.32 Å². The molecule has 10 heteroatoms. The molecule has 0 saturated heterocycles. The van der Waals surface area contributed by atoms with Gasteiger partial charge in [0, 0.05) is 0 Å². The number of aliphatic carboxylic acids is 1. The summed E-state index contributed by atoms with van der Waals surface area (Å²) in [4.78, 5) is 33.5. The molecule has 25 heavy (non-hydrogen) atoms. The first kappa shape index (κ1) is 20.3. The molecular weight excluding hydrogens is 334 g/mol. The Bertz CT molecular complexity index is 634. The second-order valence-electron chi connectivity index (χ2n) is 5.37. The lowest BCUT2D eigenvalue weighted by molar-refractivity contribution is -0.687. The Hall–Kier alpha value is -2.72. The highest BCUT2D eigenvalue weighted by Crippen LogP contribution is 2.29. The van der Waals surface area contributed by atoms with E-state index >= 15 is 0 Å². The van der Waals surface area contributed by atoms with Crippen LogP contribution in [0.4, 0.5) is 11.4 Å². The van der Waals surface area contributed by atoms with E-state index in [0.29, 0.717) is 6.61 Å². The number of hydrogen-bond donors (Lipinski definition) is 3. The average Bonchev–Trinajstić information content (AvgIpc) is 2.52. The zero-order valence-corrected chi connectivity index (χ0v) is 13.9. The predicted octanol–water partition coefficient (Wildman–Crippen LogP) is -1.62. The van der Waals surface area contributed by atoms with Crippen LogP contribution in [0.2, 0.25) is 0 Å². The molecule has 0 heterocycles. The minimum Gasteiger partial charge on any atom is -0.544 e. The van der Waals surface area contributed by atoms with Crippen LogP contribution in [-0.4, -0.2) is 47.2 Å². The Labute approximate surface area is 143 Å². The number of hydrogen-bond acceptors (Lipinski definition) is 7. The quantitative estimate of drug-likeness (QED) is 0.336. The Balaban J connectivity index is 2.84. The van der Waals surface area contributed by atoms with Gasteiger partial charge >= 0.3 is 0 Å². The Morgan fingerprint density at radius 1 is 1.44 bits per heavy atom. The van der Waals surface area contributed by atoms with E-state index in [0.717, 1.165) is 0 Å². The predicted molar refractivity (Wildman–Crippen MR) is 84.8 cm³/mol. The van der Waals surface area contributed by atoms with Gasteiger partial charge in [0.2, 0.25) is 5.91 Å². The average molecular weight is 355 g/mol. The van der Waals surface area contributed by atoms with E-state index in [-0.39, 0.29) is 23.7 Å². The first-order valence-corrected chi connectivity index (χ1v) is 7.67. The van der Waals surface area contributed by atoms with Crippen molar-refractivity contribution in [1.29, 1.82) is 0 Å². The molecule has 0 aliphatic carbocycles. The molecule has 0 aromatic heterocycles. The molecule has 0 fully saturated rings. The Kier molecular flexibility index (Phi) is 7.76. The highest BCUT2D eigenvalue weighted by Gasteiger charge is 2.22. The van der Waals surface area contributed by atoms with E-state index in [4.69, 9.17) is 4.74 Å². The molecule has 1 aromatic carbocycles. The molecule has 0 bridgehead atoms. The SMILES string of the molecule is CCOc1ccc(NC(=O)C[C@@H]([NH2+]C[C@H](C)O)C(=O)[O-])c([N+](=O)[O-])c1. The highest BCUT2D eigenvalue weighted by atomic mass is 16.6. The molecule has 0 aliphatic rings. The fraction of sp³-hybridized carbons (Fsp3) is 0.467. The lowest BCUT2D eigenvalue weighted by atomic mass is 10.1. The number of amides is 1. The van der Waals surface area contributed by atoms with Crippen molar-refractivity contribution in [1.82, 2.24) is 0 Å². The first-order chi connectivity index (χ1) is 11.7. The number of nitrogens with zero attached hydrogens (tertiary/aromatic N) is 1. The normalized spacial score (nSPS) is 12.9. The number of carboxylic acid groups (broad SMARTS) is 1. The second-order valence-corrected chi connectivity index (χ2v) is 5.37. The van der Waals surface area contributed by atoms with Crippen molar-refractivity contribution >= 4 is 23.3 Å². The summed E-state index contributed by atoms with van der Waals surface area (Å²) in [5.41, 5.74) is -0.427. The van der Waals surface area contributed by atoms with Crippen LogP contribution in [0.25, 0.3) is 0 Å². The van der Waals surface area contributed by atoms with Gasteiger partial charge in [0.25, 0.3) is 5.69 Å². The summed E-state index contributed by atoms with van der Waals surface area (Å²) in [6.45, 7) is 3.61. The van der Waals surface area contributed by atoms with Gasteiger partial charge < -0.3 is 30.4 Å². The van der Waals surface area contributed by atoms with Crippen LogP contribution in [0.3, 0.4) is 0 Å². The molecule has 1 rings (SSSR count). The van der Waals surface area contributed by atoms with Gasteiger partial charge in [-0.15, -0.1) is 0 Å². The van der Waals surface area contributed by atoms with Gasteiger partial charge in [0.1, 0.15) is 24.0 Å². The summed E-state index contributed by atoms with van der Waals surface area (Å²) < 4.78 is 5.18. The third kappa shape index (κ3) is 6.73. The number of aliphatic hydroxyl groups excluding tert-OH is 1.